The number of esters is 1. The molecule has 0 amide bonds. The van der Waals surface area contributed by atoms with E-state index >= 15 is 0 Å². The largest absolute Gasteiger partial charge is 0.420 e. The van der Waals surface area contributed by atoms with Gasteiger partial charge in [-0.25, -0.2) is 4.79 Å². The van der Waals surface area contributed by atoms with Gasteiger partial charge >= 0.3 is 5.97 Å². The number of H-pyrrole nitrogens is 1. The van der Waals surface area contributed by atoms with Crippen molar-refractivity contribution in [2.24, 2.45) is 0 Å². The van der Waals surface area contributed by atoms with Crippen LogP contribution in [0.1, 0.15) is 66.9 Å². The van der Waals surface area contributed by atoms with Gasteiger partial charge in [0.1, 0.15) is 0 Å². The molecule has 5 heteroatoms. The number of nitrogens with zero attached hydrogens (tertiary/aromatic N) is 1. The van der Waals surface area contributed by atoms with E-state index in [1.807, 2.05) is 31.2 Å². The number of aromatic nitrogens is 1. The second-order valence-electron chi connectivity index (χ2n) is 8.61. The van der Waals surface area contributed by atoms with E-state index in [2.05, 4.69) is 55.8 Å². The molecule has 1 aromatic heterocycles. The molecule has 3 aromatic rings. The summed E-state index contributed by atoms with van der Waals surface area (Å²) in [5.41, 5.74) is 5.48. The molecule has 4 rings (SSSR count). The van der Waals surface area contributed by atoms with Gasteiger partial charge in [-0.2, -0.15) is 0 Å². The maximum atomic E-state index is 13.0. The molecular weight excluding hydrogens is 400 g/mol. The van der Waals surface area contributed by atoms with E-state index in [0.717, 1.165) is 60.2 Å². The molecule has 0 radical (unpaired) electrons. The van der Waals surface area contributed by atoms with Crippen LogP contribution in [-0.2, 0) is 21.7 Å². The molecule has 1 aliphatic rings. The lowest BCUT2D eigenvalue weighted by molar-refractivity contribution is -0.200. The highest BCUT2D eigenvalue weighted by Gasteiger charge is 2.51. The first kappa shape index (κ1) is 22.6. The molecule has 0 aliphatic carbocycles. The number of hydrogen-bond donors (Lipinski definition) is 1. The minimum Gasteiger partial charge on any atom is -0.420 e. The Labute approximate surface area is 190 Å². The van der Waals surface area contributed by atoms with Crippen molar-refractivity contribution in [2.75, 3.05) is 19.6 Å². The van der Waals surface area contributed by atoms with Crippen molar-refractivity contribution in [2.45, 2.75) is 59.4 Å². The van der Waals surface area contributed by atoms with Crippen LogP contribution in [0.25, 0.3) is 10.9 Å². The molecule has 0 bridgehead atoms. The summed E-state index contributed by atoms with van der Waals surface area (Å²) in [4.78, 5) is 18.9. The van der Waals surface area contributed by atoms with Crippen LogP contribution in [0.4, 0.5) is 0 Å². The molecule has 170 valence electrons. The highest BCUT2D eigenvalue weighted by atomic mass is 16.7. The van der Waals surface area contributed by atoms with Gasteiger partial charge in [0.25, 0.3) is 5.79 Å². The van der Waals surface area contributed by atoms with Crippen LogP contribution in [0, 0.1) is 6.92 Å². The van der Waals surface area contributed by atoms with Crippen molar-refractivity contribution in [3.63, 3.8) is 0 Å². The van der Waals surface area contributed by atoms with E-state index in [4.69, 9.17) is 9.47 Å². The van der Waals surface area contributed by atoms with Crippen LogP contribution in [0.2, 0.25) is 0 Å². The molecule has 1 N–H and O–H groups in total. The zero-order chi connectivity index (χ0) is 22.9. The second kappa shape index (κ2) is 9.08. The van der Waals surface area contributed by atoms with Crippen molar-refractivity contribution < 1.29 is 14.3 Å². The van der Waals surface area contributed by atoms with Crippen LogP contribution in [0.15, 0.2) is 42.5 Å². The lowest BCUT2D eigenvalue weighted by atomic mass is 9.91. The number of benzene rings is 2. The third-order valence-electron chi connectivity index (χ3n) is 6.66. The summed E-state index contributed by atoms with van der Waals surface area (Å²) in [7, 11) is 0. The molecule has 0 fully saturated rings. The number of aromatic amines is 1. The Bertz CT molecular complexity index is 1120. The molecule has 0 saturated carbocycles. The number of ether oxygens (including phenoxy) is 2. The van der Waals surface area contributed by atoms with Crippen LogP contribution >= 0.6 is 0 Å². The number of carbonyl (C=O) groups excluding carboxylic acids is 1. The SMILES string of the molecule is CCc1cccc2[nH]c(C)c(C3(OC(C)CCN(CC)CC)OC(=O)c4ccccc43)c12. The maximum absolute atomic E-state index is 13.0. The summed E-state index contributed by atoms with van der Waals surface area (Å²) < 4.78 is 13.0. The molecule has 2 atom stereocenters. The van der Waals surface area contributed by atoms with Gasteiger partial charge in [-0.3, -0.25) is 0 Å². The summed E-state index contributed by atoms with van der Waals surface area (Å²) in [6.45, 7) is 13.6. The fraction of sp³-hybridized carbons (Fsp3) is 0.444. The highest BCUT2D eigenvalue weighted by molar-refractivity contribution is 5.97. The lowest BCUT2D eigenvalue weighted by Crippen LogP contribution is -2.37. The molecule has 1 aliphatic heterocycles. The van der Waals surface area contributed by atoms with Crippen LogP contribution in [0.3, 0.4) is 0 Å². The third-order valence-corrected chi connectivity index (χ3v) is 6.66. The van der Waals surface area contributed by atoms with E-state index in [1.165, 1.54) is 5.56 Å². The van der Waals surface area contributed by atoms with E-state index < -0.39 is 5.79 Å². The van der Waals surface area contributed by atoms with Crippen LogP contribution < -0.4 is 0 Å². The molecule has 5 nitrogen and oxygen atoms in total. The first-order valence-electron chi connectivity index (χ1n) is 11.8. The van der Waals surface area contributed by atoms with E-state index in [-0.39, 0.29) is 12.1 Å². The Morgan fingerprint density at radius 1 is 1.09 bits per heavy atom. The normalized spacial score (nSPS) is 18.9. The fourth-order valence-corrected chi connectivity index (χ4v) is 4.92. The van der Waals surface area contributed by atoms with Gasteiger partial charge in [0.05, 0.1) is 17.2 Å². The zero-order valence-corrected chi connectivity index (χ0v) is 19.8. The standard InChI is InChI=1S/C27H34N2O3/c1-6-20-12-11-15-23-24(20)25(19(5)28-23)27(31-18(4)16-17-29(7-2)8-3)22-14-10-9-13-21(22)26(30)32-27/h9-15,18,28H,6-8,16-17H2,1-5H3. The Kier molecular flexibility index (Phi) is 6.40. The molecule has 2 aromatic carbocycles. The van der Waals surface area contributed by atoms with Crippen LogP contribution in [0.5, 0.6) is 0 Å². The van der Waals surface area contributed by atoms with Crippen molar-refractivity contribution in [1.82, 2.24) is 9.88 Å². The first-order chi connectivity index (χ1) is 15.4. The number of carbonyl (C=O) groups is 1. The zero-order valence-electron chi connectivity index (χ0n) is 19.8. The maximum Gasteiger partial charge on any atom is 0.341 e. The Balaban J connectivity index is 1.86. The van der Waals surface area contributed by atoms with E-state index in [9.17, 15) is 4.79 Å². The topological polar surface area (TPSA) is 54.6 Å². The first-order valence-corrected chi connectivity index (χ1v) is 11.8. The highest BCUT2D eigenvalue weighted by Crippen LogP contribution is 2.48. The quantitative estimate of drug-likeness (QED) is 0.449. The van der Waals surface area contributed by atoms with Gasteiger partial charge in [-0.15, -0.1) is 0 Å². The summed E-state index contributed by atoms with van der Waals surface area (Å²) in [5, 5.41) is 1.09. The Hall–Kier alpha value is -2.63. The predicted octanol–water partition coefficient (Wildman–Crippen LogP) is 5.55. The predicted molar refractivity (Wildman–Crippen MR) is 128 cm³/mol. The summed E-state index contributed by atoms with van der Waals surface area (Å²) in [5.74, 6) is -1.59. The van der Waals surface area contributed by atoms with Gasteiger partial charge in [-0.1, -0.05) is 51.1 Å². The van der Waals surface area contributed by atoms with Crippen LogP contribution in [-0.4, -0.2) is 41.6 Å². The van der Waals surface area contributed by atoms with E-state index in [0.29, 0.717) is 5.56 Å². The molecule has 2 unspecified atom stereocenters. The lowest BCUT2D eigenvalue weighted by Gasteiger charge is -2.33. The van der Waals surface area contributed by atoms with Crippen molar-refractivity contribution in [1.29, 1.82) is 0 Å². The molecule has 0 spiro atoms. The summed E-state index contributed by atoms with van der Waals surface area (Å²) >= 11 is 0. The molecule has 32 heavy (non-hydrogen) atoms. The van der Waals surface area contributed by atoms with Gasteiger partial charge < -0.3 is 19.4 Å². The average molecular weight is 435 g/mol. The number of hydrogen-bond acceptors (Lipinski definition) is 4. The Morgan fingerprint density at radius 2 is 1.84 bits per heavy atom. The number of fused-ring (bicyclic) bond motifs is 2. The van der Waals surface area contributed by atoms with Gasteiger partial charge in [0.15, 0.2) is 0 Å². The minimum atomic E-state index is -1.26. The Morgan fingerprint density at radius 3 is 2.56 bits per heavy atom. The average Bonchev–Trinajstić information content (AvgIpc) is 3.28. The van der Waals surface area contributed by atoms with E-state index in [1.54, 1.807) is 0 Å². The van der Waals surface area contributed by atoms with Crippen molar-refractivity contribution in [3.05, 3.63) is 70.4 Å². The fourth-order valence-electron chi connectivity index (χ4n) is 4.92. The molecule has 0 saturated heterocycles. The van der Waals surface area contributed by atoms with Crippen molar-refractivity contribution >= 4 is 16.9 Å². The number of aryl methyl sites for hydroxylation is 2. The van der Waals surface area contributed by atoms with Gasteiger partial charge in [-0.05, 0) is 57.5 Å². The van der Waals surface area contributed by atoms with Crippen molar-refractivity contribution in [3.8, 4) is 0 Å². The minimum absolute atomic E-state index is 0.104. The third kappa shape index (κ3) is 3.74. The second-order valence-corrected chi connectivity index (χ2v) is 8.61. The smallest absolute Gasteiger partial charge is 0.341 e. The van der Waals surface area contributed by atoms with Gasteiger partial charge in [0, 0.05) is 28.7 Å². The molecule has 2 heterocycles. The number of rotatable bonds is 9. The number of nitrogens with one attached hydrogen (secondary N) is 1. The monoisotopic (exact) mass is 434 g/mol. The summed E-state index contributed by atoms with van der Waals surface area (Å²) in [6.07, 6.45) is 1.63. The summed E-state index contributed by atoms with van der Waals surface area (Å²) in [6, 6.07) is 13.9. The number of cyclic esters (lactones) is 1. The molecular formula is C27H34N2O3. The van der Waals surface area contributed by atoms with Gasteiger partial charge in [0.2, 0.25) is 0 Å².